The molecule has 0 bridgehead atoms. The quantitative estimate of drug-likeness (QED) is 0.690. The topological polar surface area (TPSA) is 47.3 Å². The lowest BCUT2D eigenvalue weighted by atomic mass is 10.2. The minimum Gasteiger partial charge on any atom is -0.444 e. The van der Waals surface area contributed by atoms with E-state index >= 15 is 0 Å². The number of ether oxygens (including phenoxy) is 1. The van der Waals surface area contributed by atoms with Crippen molar-refractivity contribution < 1.29 is 9.15 Å². The van der Waals surface area contributed by atoms with E-state index in [0.29, 0.717) is 6.54 Å². The molecular weight excluding hydrogens is 192 g/mol. The van der Waals surface area contributed by atoms with Crippen LogP contribution >= 0.6 is 0 Å². The van der Waals surface area contributed by atoms with Crippen LogP contribution in [0.25, 0.3) is 0 Å². The van der Waals surface area contributed by atoms with Gasteiger partial charge in [0.05, 0.1) is 19.3 Å². The maximum absolute atomic E-state index is 5.60. The summed E-state index contributed by atoms with van der Waals surface area (Å²) in [5.74, 6) is 2.66. The van der Waals surface area contributed by atoms with Crippen molar-refractivity contribution in [1.29, 1.82) is 0 Å². The van der Waals surface area contributed by atoms with E-state index < -0.39 is 0 Å². The minimum atomic E-state index is 0.689. The Morgan fingerprint density at radius 3 is 3.20 bits per heavy atom. The van der Waals surface area contributed by atoms with Gasteiger partial charge in [0, 0.05) is 20.1 Å². The van der Waals surface area contributed by atoms with E-state index in [2.05, 4.69) is 10.3 Å². The van der Waals surface area contributed by atoms with Gasteiger partial charge in [0.2, 0.25) is 5.89 Å². The average molecular weight is 210 g/mol. The number of rotatable bonds is 7. The number of nitrogens with zero attached hydrogens (tertiary/aromatic N) is 1. The minimum absolute atomic E-state index is 0.689. The summed E-state index contributed by atoms with van der Waals surface area (Å²) in [7, 11) is 1.70. The van der Waals surface area contributed by atoms with E-state index in [0.717, 1.165) is 37.1 Å². The smallest absolute Gasteiger partial charge is 0.208 e. The van der Waals surface area contributed by atoms with Gasteiger partial charge in [0.15, 0.2) is 0 Å². The molecule has 1 aliphatic carbocycles. The molecule has 2 rings (SSSR count). The largest absolute Gasteiger partial charge is 0.444 e. The van der Waals surface area contributed by atoms with Crippen LogP contribution in [0.1, 0.15) is 24.5 Å². The van der Waals surface area contributed by atoms with Crippen molar-refractivity contribution in [2.75, 3.05) is 20.3 Å². The Labute approximate surface area is 90.0 Å². The summed E-state index contributed by atoms with van der Waals surface area (Å²) in [5, 5.41) is 3.20. The molecule has 0 saturated heterocycles. The molecule has 1 saturated carbocycles. The molecule has 1 aromatic heterocycles. The van der Waals surface area contributed by atoms with Gasteiger partial charge in [-0.15, -0.1) is 0 Å². The summed E-state index contributed by atoms with van der Waals surface area (Å²) >= 11 is 0. The molecule has 0 atom stereocenters. The zero-order chi connectivity index (χ0) is 10.5. The van der Waals surface area contributed by atoms with E-state index in [1.54, 1.807) is 7.11 Å². The molecule has 0 radical (unpaired) electrons. The van der Waals surface area contributed by atoms with Gasteiger partial charge < -0.3 is 14.5 Å². The van der Waals surface area contributed by atoms with Crippen molar-refractivity contribution in [2.45, 2.75) is 25.8 Å². The van der Waals surface area contributed by atoms with Crippen LogP contribution in [0.2, 0.25) is 0 Å². The molecule has 1 aliphatic rings. The second-order valence-corrected chi connectivity index (χ2v) is 4.04. The van der Waals surface area contributed by atoms with Crippen molar-refractivity contribution in [2.24, 2.45) is 5.92 Å². The van der Waals surface area contributed by atoms with Crippen molar-refractivity contribution in [3.8, 4) is 0 Å². The Morgan fingerprint density at radius 1 is 1.60 bits per heavy atom. The Balaban J connectivity index is 1.69. The van der Waals surface area contributed by atoms with Crippen molar-refractivity contribution in [3.05, 3.63) is 17.8 Å². The van der Waals surface area contributed by atoms with Gasteiger partial charge in [-0.25, -0.2) is 4.98 Å². The first-order valence-corrected chi connectivity index (χ1v) is 5.51. The molecule has 15 heavy (non-hydrogen) atoms. The van der Waals surface area contributed by atoms with Crippen LogP contribution in [0.4, 0.5) is 0 Å². The predicted molar refractivity (Wildman–Crippen MR) is 56.5 cm³/mol. The molecule has 4 nitrogen and oxygen atoms in total. The second kappa shape index (κ2) is 5.28. The SMILES string of the molecule is COCCNCc1ncc(CC2CC2)o1. The first-order valence-electron chi connectivity index (χ1n) is 5.51. The highest BCUT2D eigenvalue weighted by Crippen LogP contribution is 2.32. The van der Waals surface area contributed by atoms with Gasteiger partial charge in [-0.1, -0.05) is 0 Å². The highest BCUT2D eigenvalue weighted by Gasteiger charge is 2.23. The number of nitrogens with one attached hydrogen (secondary N) is 1. The van der Waals surface area contributed by atoms with Gasteiger partial charge in [-0.3, -0.25) is 0 Å². The van der Waals surface area contributed by atoms with Crippen LogP contribution in [0, 0.1) is 5.92 Å². The third-order valence-electron chi connectivity index (χ3n) is 2.55. The molecule has 1 N–H and O–H groups in total. The summed E-state index contributed by atoms with van der Waals surface area (Å²) in [5.41, 5.74) is 0. The lowest BCUT2D eigenvalue weighted by Gasteiger charge is -1.99. The number of hydrogen-bond acceptors (Lipinski definition) is 4. The fourth-order valence-corrected chi connectivity index (χ4v) is 1.50. The van der Waals surface area contributed by atoms with Gasteiger partial charge in [-0.2, -0.15) is 0 Å². The first kappa shape index (κ1) is 10.6. The van der Waals surface area contributed by atoms with E-state index in [4.69, 9.17) is 9.15 Å². The summed E-state index contributed by atoms with van der Waals surface area (Å²) < 4.78 is 10.5. The average Bonchev–Trinajstić information content (AvgIpc) is 2.93. The van der Waals surface area contributed by atoms with Crippen LogP contribution in [0.5, 0.6) is 0 Å². The number of aromatic nitrogens is 1. The molecule has 0 unspecified atom stereocenters. The van der Waals surface area contributed by atoms with Crippen molar-refractivity contribution >= 4 is 0 Å². The zero-order valence-corrected chi connectivity index (χ0v) is 9.16. The molecule has 1 heterocycles. The van der Waals surface area contributed by atoms with E-state index in [9.17, 15) is 0 Å². The first-order chi connectivity index (χ1) is 7.38. The lowest BCUT2D eigenvalue weighted by molar-refractivity contribution is 0.198. The lowest BCUT2D eigenvalue weighted by Crippen LogP contribution is -2.18. The summed E-state index contributed by atoms with van der Waals surface area (Å²) in [6, 6.07) is 0. The predicted octanol–water partition coefficient (Wildman–Crippen LogP) is 1.36. The molecular formula is C11H18N2O2. The van der Waals surface area contributed by atoms with Gasteiger partial charge >= 0.3 is 0 Å². The Morgan fingerprint density at radius 2 is 2.47 bits per heavy atom. The molecule has 0 aliphatic heterocycles. The fraction of sp³-hybridized carbons (Fsp3) is 0.727. The zero-order valence-electron chi connectivity index (χ0n) is 9.16. The molecule has 0 spiro atoms. The molecule has 1 fully saturated rings. The Hall–Kier alpha value is -0.870. The highest BCUT2D eigenvalue weighted by molar-refractivity contribution is 4.98. The Kier molecular flexibility index (Phi) is 3.75. The third kappa shape index (κ3) is 3.64. The van der Waals surface area contributed by atoms with Gasteiger partial charge in [0.25, 0.3) is 0 Å². The van der Waals surface area contributed by atoms with Crippen LogP contribution in [0.15, 0.2) is 10.6 Å². The van der Waals surface area contributed by atoms with Crippen LogP contribution in [-0.4, -0.2) is 25.2 Å². The monoisotopic (exact) mass is 210 g/mol. The Bertz CT molecular complexity index is 295. The van der Waals surface area contributed by atoms with Crippen molar-refractivity contribution in [1.82, 2.24) is 10.3 Å². The molecule has 1 aromatic rings. The maximum atomic E-state index is 5.60. The highest BCUT2D eigenvalue weighted by atomic mass is 16.5. The van der Waals surface area contributed by atoms with Gasteiger partial charge in [0.1, 0.15) is 5.76 Å². The third-order valence-corrected chi connectivity index (χ3v) is 2.55. The fourth-order valence-electron chi connectivity index (χ4n) is 1.50. The van der Waals surface area contributed by atoms with E-state index in [-0.39, 0.29) is 0 Å². The second-order valence-electron chi connectivity index (χ2n) is 4.04. The van der Waals surface area contributed by atoms with E-state index in [1.807, 2.05) is 6.20 Å². The maximum Gasteiger partial charge on any atom is 0.208 e. The van der Waals surface area contributed by atoms with Crippen molar-refractivity contribution in [3.63, 3.8) is 0 Å². The number of oxazole rings is 1. The summed E-state index contributed by atoms with van der Waals surface area (Å²) in [4.78, 5) is 4.22. The number of hydrogen-bond donors (Lipinski definition) is 1. The summed E-state index contributed by atoms with van der Waals surface area (Å²) in [6.45, 7) is 2.24. The molecule has 4 heteroatoms. The van der Waals surface area contributed by atoms with E-state index in [1.165, 1.54) is 12.8 Å². The molecule has 0 aromatic carbocycles. The van der Waals surface area contributed by atoms with Crippen LogP contribution < -0.4 is 5.32 Å². The molecule has 84 valence electrons. The standard InChI is InChI=1S/C11H18N2O2/c1-14-5-4-12-8-11-13-7-10(15-11)6-9-2-3-9/h7,9,12H,2-6,8H2,1H3. The van der Waals surface area contributed by atoms with Crippen LogP contribution in [-0.2, 0) is 17.7 Å². The summed E-state index contributed by atoms with van der Waals surface area (Å²) in [6.07, 6.45) is 5.61. The van der Waals surface area contributed by atoms with Crippen LogP contribution in [0.3, 0.4) is 0 Å². The molecule has 0 amide bonds. The number of methoxy groups -OCH3 is 1. The normalized spacial score (nSPS) is 15.8. The van der Waals surface area contributed by atoms with Gasteiger partial charge in [-0.05, 0) is 18.8 Å².